The summed E-state index contributed by atoms with van der Waals surface area (Å²) in [5, 5.41) is 1.10. The molecule has 0 aliphatic carbocycles. The van der Waals surface area contributed by atoms with Gasteiger partial charge in [0.15, 0.2) is 0 Å². The summed E-state index contributed by atoms with van der Waals surface area (Å²) < 4.78 is 5.75. The molecule has 0 amide bonds. The minimum atomic E-state index is 0.725. The van der Waals surface area contributed by atoms with Crippen LogP contribution in [0.3, 0.4) is 0 Å². The van der Waals surface area contributed by atoms with Gasteiger partial charge < -0.3 is 10.5 Å². The lowest BCUT2D eigenvalue weighted by Crippen LogP contribution is -1.87. The van der Waals surface area contributed by atoms with Crippen molar-refractivity contribution in [2.45, 2.75) is 0 Å². The Bertz CT molecular complexity index is 677. The molecule has 18 heavy (non-hydrogen) atoms. The maximum absolute atomic E-state index is 5.75. The van der Waals surface area contributed by atoms with Gasteiger partial charge in [-0.15, -0.1) is 0 Å². The average molecular weight is 236 g/mol. The van der Waals surface area contributed by atoms with Crippen LogP contribution in [-0.4, -0.2) is 4.98 Å². The summed E-state index contributed by atoms with van der Waals surface area (Å²) >= 11 is 0. The topological polar surface area (TPSA) is 48.1 Å². The number of nitrogen functional groups attached to an aromatic ring is 1. The van der Waals surface area contributed by atoms with Crippen molar-refractivity contribution in [3.63, 3.8) is 0 Å². The Hall–Kier alpha value is -2.55. The predicted octanol–water partition coefficient (Wildman–Crippen LogP) is 3.61. The first-order chi connectivity index (χ1) is 8.81. The van der Waals surface area contributed by atoms with E-state index in [0.717, 1.165) is 28.1 Å². The van der Waals surface area contributed by atoms with Crippen molar-refractivity contribution in [3.8, 4) is 11.5 Å². The fourth-order valence-corrected chi connectivity index (χ4v) is 1.78. The maximum Gasteiger partial charge on any atom is 0.129 e. The lowest BCUT2D eigenvalue weighted by molar-refractivity contribution is 0.483. The molecule has 2 aromatic carbocycles. The van der Waals surface area contributed by atoms with E-state index >= 15 is 0 Å². The van der Waals surface area contributed by atoms with Gasteiger partial charge in [0.05, 0.1) is 5.52 Å². The Kier molecular flexibility index (Phi) is 2.57. The first-order valence-electron chi connectivity index (χ1n) is 5.69. The molecular formula is C15H12N2O. The standard InChI is InChI=1S/C15H12N2O/c16-12-4-7-13(8-5-12)18-14-6-3-11-2-1-9-17-15(11)10-14/h1-10H,16H2. The summed E-state index contributed by atoms with van der Waals surface area (Å²) in [5.74, 6) is 1.53. The molecule has 3 heteroatoms. The Morgan fingerprint density at radius 2 is 1.67 bits per heavy atom. The van der Waals surface area contributed by atoms with Gasteiger partial charge in [-0.05, 0) is 42.5 Å². The van der Waals surface area contributed by atoms with Crippen molar-refractivity contribution in [3.05, 3.63) is 60.8 Å². The summed E-state index contributed by atoms with van der Waals surface area (Å²) in [6.45, 7) is 0. The number of hydrogen-bond acceptors (Lipinski definition) is 3. The minimum absolute atomic E-state index is 0.725. The molecule has 0 fully saturated rings. The van der Waals surface area contributed by atoms with E-state index in [0.29, 0.717) is 0 Å². The van der Waals surface area contributed by atoms with Crippen molar-refractivity contribution in [2.75, 3.05) is 5.73 Å². The second kappa shape index (κ2) is 4.37. The zero-order chi connectivity index (χ0) is 12.4. The van der Waals surface area contributed by atoms with E-state index in [-0.39, 0.29) is 0 Å². The van der Waals surface area contributed by atoms with Crippen LogP contribution in [0, 0.1) is 0 Å². The maximum atomic E-state index is 5.75. The number of anilines is 1. The van der Waals surface area contributed by atoms with E-state index in [1.807, 2.05) is 54.6 Å². The van der Waals surface area contributed by atoms with Crippen molar-refractivity contribution in [1.29, 1.82) is 0 Å². The molecule has 0 unspecified atom stereocenters. The summed E-state index contributed by atoms with van der Waals surface area (Å²) in [4.78, 5) is 4.30. The van der Waals surface area contributed by atoms with E-state index in [4.69, 9.17) is 10.5 Å². The first-order valence-corrected chi connectivity index (χ1v) is 5.69. The molecule has 88 valence electrons. The third kappa shape index (κ3) is 2.11. The van der Waals surface area contributed by atoms with Crippen LogP contribution in [0.15, 0.2) is 60.8 Å². The number of ether oxygens (including phenoxy) is 1. The fourth-order valence-electron chi connectivity index (χ4n) is 1.78. The number of rotatable bonds is 2. The summed E-state index contributed by atoms with van der Waals surface area (Å²) in [7, 11) is 0. The molecule has 0 aliphatic heterocycles. The highest BCUT2D eigenvalue weighted by Gasteiger charge is 1.99. The van der Waals surface area contributed by atoms with E-state index in [1.165, 1.54) is 0 Å². The second-order valence-electron chi connectivity index (χ2n) is 4.03. The average Bonchev–Trinajstić information content (AvgIpc) is 2.41. The minimum Gasteiger partial charge on any atom is -0.457 e. The van der Waals surface area contributed by atoms with Crippen LogP contribution in [0.5, 0.6) is 11.5 Å². The van der Waals surface area contributed by atoms with Gasteiger partial charge in [0.2, 0.25) is 0 Å². The van der Waals surface area contributed by atoms with Crippen LogP contribution in [0.4, 0.5) is 5.69 Å². The molecule has 0 saturated carbocycles. The second-order valence-corrected chi connectivity index (χ2v) is 4.03. The zero-order valence-electron chi connectivity index (χ0n) is 9.71. The normalized spacial score (nSPS) is 10.4. The largest absolute Gasteiger partial charge is 0.457 e. The molecule has 0 atom stereocenters. The highest BCUT2D eigenvalue weighted by Crippen LogP contribution is 2.25. The van der Waals surface area contributed by atoms with Gasteiger partial charge in [-0.2, -0.15) is 0 Å². The molecule has 0 radical (unpaired) electrons. The monoisotopic (exact) mass is 236 g/mol. The van der Waals surface area contributed by atoms with Crippen molar-refractivity contribution < 1.29 is 4.74 Å². The third-order valence-electron chi connectivity index (χ3n) is 2.69. The highest BCUT2D eigenvalue weighted by atomic mass is 16.5. The summed E-state index contributed by atoms with van der Waals surface area (Å²) in [6, 6.07) is 17.1. The first kappa shape index (κ1) is 10.6. The summed E-state index contributed by atoms with van der Waals surface area (Å²) in [5.41, 5.74) is 7.28. The molecule has 2 N–H and O–H groups in total. The Labute approximate surface area is 105 Å². The molecule has 0 saturated heterocycles. The SMILES string of the molecule is Nc1ccc(Oc2ccc3cccnc3c2)cc1. The molecule has 1 aromatic heterocycles. The summed E-state index contributed by atoms with van der Waals surface area (Å²) in [6.07, 6.45) is 1.77. The van der Waals surface area contributed by atoms with Crippen LogP contribution in [0.25, 0.3) is 10.9 Å². The molecule has 3 aromatic rings. The predicted molar refractivity (Wildman–Crippen MR) is 72.7 cm³/mol. The number of hydrogen-bond donors (Lipinski definition) is 1. The quantitative estimate of drug-likeness (QED) is 0.691. The molecule has 1 heterocycles. The molecule has 0 aliphatic rings. The number of nitrogens with zero attached hydrogens (tertiary/aromatic N) is 1. The number of aromatic nitrogens is 1. The number of benzene rings is 2. The van der Waals surface area contributed by atoms with E-state index in [1.54, 1.807) is 6.20 Å². The lowest BCUT2D eigenvalue weighted by Gasteiger charge is -2.06. The lowest BCUT2D eigenvalue weighted by atomic mass is 10.2. The third-order valence-corrected chi connectivity index (χ3v) is 2.69. The smallest absolute Gasteiger partial charge is 0.129 e. The van der Waals surface area contributed by atoms with E-state index in [9.17, 15) is 0 Å². The Balaban J connectivity index is 1.92. The van der Waals surface area contributed by atoms with Gasteiger partial charge in [-0.3, -0.25) is 4.98 Å². The van der Waals surface area contributed by atoms with Gasteiger partial charge in [0.25, 0.3) is 0 Å². The Morgan fingerprint density at radius 3 is 2.50 bits per heavy atom. The zero-order valence-corrected chi connectivity index (χ0v) is 9.71. The van der Waals surface area contributed by atoms with Crippen molar-refractivity contribution in [2.24, 2.45) is 0 Å². The molecular weight excluding hydrogens is 224 g/mol. The molecule has 3 rings (SSSR count). The molecule has 0 spiro atoms. The highest BCUT2D eigenvalue weighted by molar-refractivity contribution is 5.79. The molecule has 0 bridgehead atoms. The van der Waals surface area contributed by atoms with Gasteiger partial charge in [-0.1, -0.05) is 6.07 Å². The molecule has 3 nitrogen and oxygen atoms in total. The van der Waals surface area contributed by atoms with Gasteiger partial charge in [0, 0.05) is 23.3 Å². The van der Waals surface area contributed by atoms with Crippen molar-refractivity contribution in [1.82, 2.24) is 4.98 Å². The van der Waals surface area contributed by atoms with Crippen LogP contribution < -0.4 is 10.5 Å². The van der Waals surface area contributed by atoms with Gasteiger partial charge in [0.1, 0.15) is 11.5 Å². The van der Waals surface area contributed by atoms with Crippen LogP contribution in [-0.2, 0) is 0 Å². The van der Waals surface area contributed by atoms with Crippen LogP contribution in [0.2, 0.25) is 0 Å². The van der Waals surface area contributed by atoms with Crippen LogP contribution >= 0.6 is 0 Å². The van der Waals surface area contributed by atoms with E-state index < -0.39 is 0 Å². The van der Waals surface area contributed by atoms with Gasteiger partial charge >= 0.3 is 0 Å². The number of pyridine rings is 1. The fraction of sp³-hybridized carbons (Fsp3) is 0. The number of nitrogens with two attached hydrogens (primary N) is 1. The van der Waals surface area contributed by atoms with Crippen LogP contribution in [0.1, 0.15) is 0 Å². The van der Waals surface area contributed by atoms with Gasteiger partial charge in [-0.25, -0.2) is 0 Å². The van der Waals surface area contributed by atoms with E-state index in [2.05, 4.69) is 4.98 Å². The number of fused-ring (bicyclic) bond motifs is 1. The Morgan fingerprint density at radius 1 is 0.889 bits per heavy atom. The van der Waals surface area contributed by atoms with Crippen molar-refractivity contribution >= 4 is 16.6 Å².